The Morgan fingerprint density at radius 1 is 1.12 bits per heavy atom. The molecule has 1 aromatic rings. The zero-order valence-corrected chi connectivity index (χ0v) is 14.7. The molecular weight excluding hydrogens is 336 g/mol. The predicted octanol–water partition coefficient (Wildman–Crippen LogP) is 3.51. The van der Waals surface area contributed by atoms with Gasteiger partial charge in [0, 0.05) is 13.0 Å². The number of hydrogen-bond donors (Lipinski definition) is 2. The number of phenols is 2. The predicted molar refractivity (Wildman–Crippen MR) is 95.3 cm³/mol. The summed E-state index contributed by atoms with van der Waals surface area (Å²) in [5, 5.41) is 30.5. The lowest BCUT2D eigenvalue weighted by Crippen LogP contribution is -2.35. The number of phenolic OH excluding ortho intramolecular Hbond substituents is 2. The molecule has 2 aliphatic rings. The molecule has 1 aliphatic heterocycles. The average molecular weight is 360 g/mol. The zero-order valence-electron chi connectivity index (χ0n) is 14.7. The fourth-order valence-electron chi connectivity index (χ4n) is 4.34. The first-order chi connectivity index (χ1) is 12.5. The number of allylic oxidation sites excluding steroid dienone is 1. The maximum absolute atomic E-state index is 11.5. The second-order valence-corrected chi connectivity index (χ2v) is 7.35. The summed E-state index contributed by atoms with van der Waals surface area (Å²) >= 11 is 0. The molecule has 140 valence electrons. The van der Waals surface area contributed by atoms with E-state index in [2.05, 4.69) is 0 Å². The number of aromatic hydroxyl groups is 2. The largest absolute Gasteiger partial charge is 0.504 e. The number of rotatable bonds is 4. The Bertz CT molecular complexity index is 736. The number of hydrogen-bond acceptors (Lipinski definition) is 6. The molecule has 1 saturated carbocycles. The van der Waals surface area contributed by atoms with Gasteiger partial charge in [0.2, 0.25) is 0 Å². The van der Waals surface area contributed by atoms with Crippen LogP contribution in [0.1, 0.15) is 50.5 Å². The molecule has 7 heteroatoms. The Kier molecular flexibility index (Phi) is 5.47. The SMILES string of the molecule is O=C=C1CC(C2CCCCC2)CCN1Cc1cc(O)c(O)cc1[N+](=O)[O-]. The van der Waals surface area contributed by atoms with Crippen molar-refractivity contribution in [3.05, 3.63) is 33.5 Å². The van der Waals surface area contributed by atoms with E-state index in [4.69, 9.17) is 0 Å². The highest BCUT2D eigenvalue weighted by atomic mass is 16.6. The highest BCUT2D eigenvalue weighted by Gasteiger charge is 2.31. The number of nitro groups is 1. The number of carbonyl (C=O) groups excluding carboxylic acids is 1. The highest BCUT2D eigenvalue weighted by Crippen LogP contribution is 2.39. The first-order valence-corrected chi connectivity index (χ1v) is 9.17. The lowest BCUT2D eigenvalue weighted by molar-refractivity contribution is -0.385. The minimum absolute atomic E-state index is 0.145. The lowest BCUT2D eigenvalue weighted by atomic mass is 9.75. The Balaban J connectivity index is 1.76. The molecular formula is C19H24N2O5. The van der Waals surface area contributed by atoms with Crippen LogP contribution in [0.15, 0.2) is 17.8 Å². The van der Waals surface area contributed by atoms with E-state index in [0.29, 0.717) is 30.5 Å². The molecule has 2 N–H and O–H groups in total. The molecule has 1 unspecified atom stereocenters. The Morgan fingerprint density at radius 2 is 1.81 bits per heavy atom. The summed E-state index contributed by atoms with van der Waals surface area (Å²) in [4.78, 5) is 24.0. The van der Waals surface area contributed by atoms with E-state index < -0.39 is 16.4 Å². The fraction of sp³-hybridized carbons (Fsp3) is 0.579. The third-order valence-corrected chi connectivity index (χ3v) is 5.78. The van der Waals surface area contributed by atoms with Gasteiger partial charge < -0.3 is 15.1 Å². The van der Waals surface area contributed by atoms with Crippen LogP contribution in [0.25, 0.3) is 0 Å². The molecule has 7 nitrogen and oxygen atoms in total. The molecule has 1 heterocycles. The number of nitro benzene ring substituents is 1. The van der Waals surface area contributed by atoms with Crippen LogP contribution in [-0.4, -0.2) is 32.5 Å². The Morgan fingerprint density at radius 3 is 2.46 bits per heavy atom. The van der Waals surface area contributed by atoms with Gasteiger partial charge in [-0.05, 0) is 24.3 Å². The topological polar surface area (TPSA) is 104 Å². The molecule has 0 radical (unpaired) electrons. The first-order valence-electron chi connectivity index (χ1n) is 9.17. The van der Waals surface area contributed by atoms with Crippen LogP contribution in [0, 0.1) is 22.0 Å². The van der Waals surface area contributed by atoms with Crippen LogP contribution >= 0.6 is 0 Å². The number of likely N-dealkylation sites (tertiary alicyclic amines) is 1. The molecule has 0 bridgehead atoms. The zero-order chi connectivity index (χ0) is 18.7. The van der Waals surface area contributed by atoms with Crippen LogP contribution in [0.3, 0.4) is 0 Å². The van der Waals surface area contributed by atoms with Gasteiger partial charge in [-0.25, -0.2) is 4.79 Å². The molecule has 0 spiro atoms. The smallest absolute Gasteiger partial charge is 0.278 e. The van der Waals surface area contributed by atoms with Gasteiger partial charge in [-0.3, -0.25) is 10.1 Å². The van der Waals surface area contributed by atoms with Gasteiger partial charge in [0.1, 0.15) is 5.94 Å². The van der Waals surface area contributed by atoms with E-state index in [1.807, 2.05) is 10.8 Å². The summed E-state index contributed by atoms with van der Waals surface area (Å²) in [5.41, 5.74) is 0.558. The fourth-order valence-corrected chi connectivity index (χ4v) is 4.34. The van der Waals surface area contributed by atoms with Gasteiger partial charge in [0.15, 0.2) is 11.5 Å². The van der Waals surface area contributed by atoms with Crippen LogP contribution in [0.2, 0.25) is 0 Å². The molecule has 1 saturated heterocycles. The number of piperidine rings is 1. The van der Waals surface area contributed by atoms with Crippen molar-refractivity contribution in [3.8, 4) is 11.5 Å². The van der Waals surface area contributed by atoms with Crippen molar-refractivity contribution in [2.24, 2.45) is 11.8 Å². The van der Waals surface area contributed by atoms with Crippen molar-refractivity contribution < 1.29 is 19.9 Å². The van der Waals surface area contributed by atoms with Crippen molar-refractivity contribution in [2.45, 2.75) is 51.5 Å². The molecule has 1 atom stereocenters. The van der Waals surface area contributed by atoms with Crippen LogP contribution < -0.4 is 0 Å². The van der Waals surface area contributed by atoms with Gasteiger partial charge in [-0.1, -0.05) is 32.1 Å². The van der Waals surface area contributed by atoms with E-state index >= 15 is 0 Å². The normalized spacial score (nSPS) is 21.5. The molecule has 3 rings (SSSR count). The molecule has 26 heavy (non-hydrogen) atoms. The van der Waals surface area contributed by atoms with Gasteiger partial charge in [-0.15, -0.1) is 0 Å². The molecule has 2 fully saturated rings. The quantitative estimate of drug-likeness (QED) is 0.368. The monoisotopic (exact) mass is 360 g/mol. The number of nitrogens with zero attached hydrogens (tertiary/aromatic N) is 2. The summed E-state index contributed by atoms with van der Waals surface area (Å²) in [6.45, 7) is 0.788. The van der Waals surface area contributed by atoms with Crippen molar-refractivity contribution in [1.29, 1.82) is 0 Å². The third kappa shape index (κ3) is 3.83. The third-order valence-electron chi connectivity index (χ3n) is 5.78. The second-order valence-electron chi connectivity index (χ2n) is 7.35. The summed E-state index contributed by atoms with van der Waals surface area (Å²) < 4.78 is 0. The van der Waals surface area contributed by atoms with Gasteiger partial charge in [0.05, 0.1) is 28.8 Å². The van der Waals surface area contributed by atoms with E-state index in [0.717, 1.165) is 12.5 Å². The van der Waals surface area contributed by atoms with Gasteiger partial charge in [-0.2, -0.15) is 0 Å². The van der Waals surface area contributed by atoms with Crippen LogP contribution in [0.5, 0.6) is 11.5 Å². The standard InChI is InChI=1S/C19H24N2O5/c22-12-16-8-14(13-4-2-1-3-5-13)6-7-20(16)11-15-9-18(23)19(24)10-17(15)21(25)26/h9-10,13-14,23-24H,1-8,11H2. The minimum atomic E-state index is -0.590. The summed E-state index contributed by atoms with van der Waals surface area (Å²) in [5.74, 6) is 2.23. The van der Waals surface area contributed by atoms with Gasteiger partial charge in [0.25, 0.3) is 5.69 Å². The Labute approximate surface area is 152 Å². The summed E-state index contributed by atoms with van der Waals surface area (Å²) in [6, 6.07) is 2.15. The van der Waals surface area contributed by atoms with E-state index in [1.165, 1.54) is 38.2 Å². The summed E-state index contributed by atoms with van der Waals surface area (Å²) in [7, 11) is 0. The maximum atomic E-state index is 11.5. The van der Waals surface area contributed by atoms with Crippen LogP contribution in [0.4, 0.5) is 5.69 Å². The molecule has 1 aliphatic carbocycles. The minimum Gasteiger partial charge on any atom is -0.504 e. The van der Waals surface area contributed by atoms with E-state index in [9.17, 15) is 25.1 Å². The molecule has 1 aromatic carbocycles. The van der Waals surface area contributed by atoms with Gasteiger partial charge >= 0.3 is 0 Å². The highest BCUT2D eigenvalue weighted by molar-refractivity contribution is 5.55. The Hall–Kier alpha value is -2.53. The van der Waals surface area contributed by atoms with Crippen molar-refractivity contribution in [1.82, 2.24) is 4.90 Å². The maximum Gasteiger partial charge on any atom is 0.278 e. The molecule has 0 aromatic heterocycles. The van der Waals surface area contributed by atoms with E-state index in [1.54, 1.807) is 0 Å². The van der Waals surface area contributed by atoms with Crippen molar-refractivity contribution in [2.75, 3.05) is 6.54 Å². The average Bonchev–Trinajstić information content (AvgIpc) is 2.65. The summed E-state index contributed by atoms with van der Waals surface area (Å²) in [6.07, 6.45) is 7.84. The molecule has 0 amide bonds. The van der Waals surface area contributed by atoms with Crippen molar-refractivity contribution in [3.63, 3.8) is 0 Å². The second kappa shape index (κ2) is 7.79. The lowest BCUT2D eigenvalue weighted by Gasteiger charge is -2.38. The van der Waals surface area contributed by atoms with E-state index in [-0.39, 0.29) is 17.8 Å². The first kappa shape index (κ1) is 18.3. The van der Waals surface area contributed by atoms with Crippen molar-refractivity contribution >= 4 is 11.6 Å². The number of benzene rings is 1. The van der Waals surface area contributed by atoms with Crippen LogP contribution in [-0.2, 0) is 11.3 Å².